The van der Waals surface area contributed by atoms with Gasteiger partial charge in [0.2, 0.25) is 0 Å². The lowest BCUT2D eigenvalue weighted by Crippen LogP contribution is -2.23. The van der Waals surface area contributed by atoms with Gasteiger partial charge in [-0.25, -0.2) is 0 Å². The minimum Gasteiger partial charge on any atom is -0.316 e. The zero-order valence-corrected chi connectivity index (χ0v) is 10.4. The summed E-state index contributed by atoms with van der Waals surface area (Å²) in [6, 6.07) is 4.13. The quantitative estimate of drug-likeness (QED) is 0.569. The van der Waals surface area contributed by atoms with Gasteiger partial charge >= 0.3 is 0 Å². The molecule has 1 unspecified atom stereocenters. The van der Waals surface area contributed by atoms with E-state index in [-0.39, 0.29) is 0 Å². The summed E-state index contributed by atoms with van der Waals surface area (Å²) in [4.78, 5) is 5.32. The molecule has 1 aromatic heterocycles. The SMILES string of the molecule is CCCNCC(C)CSc1ccncc1. The summed E-state index contributed by atoms with van der Waals surface area (Å²) in [5, 5.41) is 3.45. The molecular weight excluding hydrogens is 204 g/mol. The molecule has 84 valence electrons. The van der Waals surface area contributed by atoms with E-state index in [2.05, 4.69) is 36.3 Å². The second-order valence-electron chi connectivity index (χ2n) is 3.80. The highest BCUT2D eigenvalue weighted by Crippen LogP contribution is 2.18. The normalized spacial score (nSPS) is 12.7. The first-order valence-electron chi connectivity index (χ1n) is 5.56. The third-order valence-corrected chi connectivity index (χ3v) is 3.45. The fourth-order valence-corrected chi connectivity index (χ4v) is 2.17. The van der Waals surface area contributed by atoms with Crippen LogP contribution in [0.2, 0.25) is 0 Å². The van der Waals surface area contributed by atoms with E-state index in [1.165, 1.54) is 17.1 Å². The molecule has 0 saturated heterocycles. The van der Waals surface area contributed by atoms with Gasteiger partial charge in [-0.15, -0.1) is 11.8 Å². The Bertz CT molecular complexity index is 251. The molecule has 1 N–H and O–H groups in total. The van der Waals surface area contributed by atoms with E-state index in [4.69, 9.17) is 0 Å². The maximum Gasteiger partial charge on any atom is 0.0278 e. The van der Waals surface area contributed by atoms with Gasteiger partial charge in [-0.2, -0.15) is 0 Å². The van der Waals surface area contributed by atoms with Gasteiger partial charge in [0, 0.05) is 23.0 Å². The number of hydrogen-bond donors (Lipinski definition) is 1. The van der Waals surface area contributed by atoms with E-state index >= 15 is 0 Å². The zero-order valence-electron chi connectivity index (χ0n) is 9.57. The van der Waals surface area contributed by atoms with Gasteiger partial charge < -0.3 is 5.32 Å². The Kier molecular flexibility index (Phi) is 6.44. The van der Waals surface area contributed by atoms with Crippen molar-refractivity contribution in [3.05, 3.63) is 24.5 Å². The van der Waals surface area contributed by atoms with E-state index in [0.29, 0.717) is 0 Å². The van der Waals surface area contributed by atoms with Crippen molar-refractivity contribution in [1.29, 1.82) is 0 Å². The van der Waals surface area contributed by atoms with Crippen molar-refractivity contribution in [2.75, 3.05) is 18.8 Å². The molecule has 0 fully saturated rings. The number of nitrogens with one attached hydrogen (secondary N) is 1. The average Bonchev–Trinajstić information content (AvgIpc) is 2.28. The lowest BCUT2D eigenvalue weighted by Gasteiger charge is -2.11. The van der Waals surface area contributed by atoms with Crippen LogP contribution in [-0.2, 0) is 0 Å². The number of pyridine rings is 1. The average molecular weight is 224 g/mol. The number of nitrogens with zero attached hydrogens (tertiary/aromatic N) is 1. The van der Waals surface area contributed by atoms with Gasteiger partial charge in [0.15, 0.2) is 0 Å². The molecule has 0 bridgehead atoms. The first-order valence-corrected chi connectivity index (χ1v) is 6.55. The summed E-state index contributed by atoms with van der Waals surface area (Å²) < 4.78 is 0. The Labute approximate surface area is 96.9 Å². The van der Waals surface area contributed by atoms with Gasteiger partial charge in [0.1, 0.15) is 0 Å². The minimum atomic E-state index is 0.717. The smallest absolute Gasteiger partial charge is 0.0278 e. The molecule has 3 heteroatoms. The lowest BCUT2D eigenvalue weighted by atomic mass is 10.2. The van der Waals surface area contributed by atoms with Crippen molar-refractivity contribution in [3.8, 4) is 0 Å². The van der Waals surface area contributed by atoms with Crippen molar-refractivity contribution in [3.63, 3.8) is 0 Å². The molecule has 2 nitrogen and oxygen atoms in total. The molecule has 0 radical (unpaired) electrons. The van der Waals surface area contributed by atoms with Crippen LogP contribution in [0, 0.1) is 5.92 Å². The summed E-state index contributed by atoms with van der Waals surface area (Å²) in [5.41, 5.74) is 0. The first-order chi connectivity index (χ1) is 7.33. The van der Waals surface area contributed by atoms with Gasteiger partial charge in [-0.1, -0.05) is 13.8 Å². The van der Waals surface area contributed by atoms with Crippen LogP contribution in [0.15, 0.2) is 29.4 Å². The third kappa shape index (κ3) is 5.80. The molecule has 0 aliphatic heterocycles. The number of aromatic nitrogens is 1. The Morgan fingerprint density at radius 3 is 2.80 bits per heavy atom. The molecule has 15 heavy (non-hydrogen) atoms. The standard InChI is InChI=1S/C12H20N2S/c1-3-6-14-9-11(2)10-15-12-4-7-13-8-5-12/h4-5,7-8,11,14H,3,6,9-10H2,1-2H3. The maximum absolute atomic E-state index is 4.01. The fraction of sp³-hybridized carbons (Fsp3) is 0.583. The Balaban J connectivity index is 2.14. The summed E-state index contributed by atoms with van der Waals surface area (Å²) in [6.45, 7) is 6.73. The van der Waals surface area contributed by atoms with Crippen LogP contribution in [0.1, 0.15) is 20.3 Å². The van der Waals surface area contributed by atoms with Gasteiger partial charge in [0.05, 0.1) is 0 Å². The molecule has 1 aromatic rings. The van der Waals surface area contributed by atoms with Gasteiger partial charge in [0.25, 0.3) is 0 Å². The molecule has 1 heterocycles. The third-order valence-electron chi connectivity index (χ3n) is 2.10. The second kappa shape index (κ2) is 7.71. The van der Waals surface area contributed by atoms with Crippen LogP contribution in [-0.4, -0.2) is 23.8 Å². The largest absolute Gasteiger partial charge is 0.316 e. The zero-order chi connectivity index (χ0) is 10.9. The molecule has 0 amide bonds. The molecule has 0 aliphatic carbocycles. The fourth-order valence-electron chi connectivity index (χ4n) is 1.26. The predicted octanol–water partition coefficient (Wildman–Crippen LogP) is 2.81. The van der Waals surface area contributed by atoms with Crippen LogP contribution in [0.3, 0.4) is 0 Å². The summed E-state index contributed by atoms with van der Waals surface area (Å²) in [6.07, 6.45) is 4.91. The van der Waals surface area contributed by atoms with Gasteiger partial charge in [-0.3, -0.25) is 4.98 Å². The maximum atomic E-state index is 4.01. The molecule has 0 aromatic carbocycles. The second-order valence-corrected chi connectivity index (χ2v) is 4.90. The monoisotopic (exact) mass is 224 g/mol. The van der Waals surface area contributed by atoms with Crippen molar-refractivity contribution in [1.82, 2.24) is 10.3 Å². The Morgan fingerprint density at radius 2 is 2.13 bits per heavy atom. The molecule has 0 saturated carbocycles. The summed E-state index contributed by atoms with van der Waals surface area (Å²) >= 11 is 1.91. The van der Waals surface area contributed by atoms with Crippen LogP contribution < -0.4 is 5.32 Å². The predicted molar refractivity (Wildman–Crippen MR) is 67.3 cm³/mol. The van der Waals surface area contributed by atoms with Crippen LogP contribution >= 0.6 is 11.8 Å². The van der Waals surface area contributed by atoms with Crippen LogP contribution in [0.25, 0.3) is 0 Å². The van der Waals surface area contributed by atoms with Crippen molar-refractivity contribution in [2.24, 2.45) is 5.92 Å². The highest BCUT2D eigenvalue weighted by Gasteiger charge is 2.02. The molecule has 0 aliphatic rings. The number of rotatable bonds is 7. The Hall–Kier alpha value is -0.540. The summed E-state index contributed by atoms with van der Waals surface area (Å²) in [7, 11) is 0. The van der Waals surface area contributed by atoms with E-state index in [1.807, 2.05) is 24.2 Å². The molecular formula is C12H20N2S. The van der Waals surface area contributed by atoms with E-state index in [1.54, 1.807) is 0 Å². The first kappa shape index (κ1) is 12.5. The number of thioether (sulfide) groups is 1. The van der Waals surface area contributed by atoms with E-state index < -0.39 is 0 Å². The van der Waals surface area contributed by atoms with Crippen molar-refractivity contribution >= 4 is 11.8 Å². The van der Waals surface area contributed by atoms with Crippen LogP contribution in [0.4, 0.5) is 0 Å². The number of hydrogen-bond acceptors (Lipinski definition) is 3. The van der Waals surface area contributed by atoms with E-state index in [9.17, 15) is 0 Å². The summed E-state index contributed by atoms with van der Waals surface area (Å²) in [5.74, 6) is 1.88. The van der Waals surface area contributed by atoms with Crippen molar-refractivity contribution < 1.29 is 0 Å². The Morgan fingerprint density at radius 1 is 1.40 bits per heavy atom. The van der Waals surface area contributed by atoms with Crippen LogP contribution in [0.5, 0.6) is 0 Å². The van der Waals surface area contributed by atoms with Crippen molar-refractivity contribution in [2.45, 2.75) is 25.2 Å². The molecule has 1 atom stereocenters. The lowest BCUT2D eigenvalue weighted by molar-refractivity contribution is 0.557. The van der Waals surface area contributed by atoms with Gasteiger partial charge in [-0.05, 0) is 37.6 Å². The topological polar surface area (TPSA) is 24.9 Å². The molecule has 0 spiro atoms. The van der Waals surface area contributed by atoms with E-state index in [0.717, 1.165) is 19.0 Å². The molecule has 1 rings (SSSR count). The highest BCUT2D eigenvalue weighted by molar-refractivity contribution is 7.99. The minimum absolute atomic E-state index is 0.717. The highest BCUT2D eigenvalue weighted by atomic mass is 32.2.